The van der Waals surface area contributed by atoms with E-state index in [9.17, 15) is 19.5 Å². The van der Waals surface area contributed by atoms with Crippen LogP contribution in [-0.2, 0) is 16.1 Å². The number of ether oxygens (including phenoxy) is 1. The van der Waals surface area contributed by atoms with Gasteiger partial charge < -0.3 is 15.2 Å². The van der Waals surface area contributed by atoms with Crippen LogP contribution in [0.2, 0.25) is 0 Å². The van der Waals surface area contributed by atoms with Gasteiger partial charge >= 0.3 is 5.97 Å². The van der Waals surface area contributed by atoms with E-state index in [2.05, 4.69) is 10.3 Å². The van der Waals surface area contributed by atoms with Crippen molar-refractivity contribution in [3.63, 3.8) is 0 Å². The van der Waals surface area contributed by atoms with Crippen molar-refractivity contribution in [2.45, 2.75) is 43.8 Å². The Bertz CT molecular complexity index is 910. The van der Waals surface area contributed by atoms with Crippen LogP contribution < -0.4 is 10.9 Å². The number of methoxy groups -OCH3 is 1. The number of hydrogen-bond donors (Lipinski definition) is 2. The zero-order valence-corrected chi connectivity index (χ0v) is 16.5. The Kier molecular flexibility index (Phi) is 6.98. The summed E-state index contributed by atoms with van der Waals surface area (Å²) in [7, 11) is 1.27. The van der Waals surface area contributed by atoms with Gasteiger partial charge in [0.25, 0.3) is 5.56 Å². The van der Waals surface area contributed by atoms with Crippen LogP contribution in [0.4, 0.5) is 0 Å². The lowest BCUT2D eigenvalue weighted by molar-refractivity contribution is -0.120. The van der Waals surface area contributed by atoms with Crippen LogP contribution in [0.25, 0.3) is 10.9 Å². The number of fused-ring (bicyclic) bond motifs is 1. The average Bonchev–Trinajstić information content (AvgIpc) is 2.63. The van der Waals surface area contributed by atoms with Crippen molar-refractivity contribution in [1.29, 1.82) is 0 Å². The Hall–Kier alpha value is -2.39. The number of nitrogens with zero attached hydrogens (tertiary/aromatic N) is 2. The molecule has 1 amide bonds. The fraction of sp³-hybridized carbons (Fsp3) is 0.444. The van der Waals surface area contributed by atoms with E-state index >= 15 is 0 Å². The topological polar surface area (TPSA) is 111 Å². The van der Waals surface area contributed by atoms with Crippen LogP contribution in [0.3, 0.4) is 0 Å². The van der Waals surface area contributed by atoms with Gasteiger partial charge in [-0.3, -0.25) is 14.2 Å². The molecule has 0 radical (unpaired) electrons. The molecular weight excluding hydrogens is 370 g/mol. The summed E-state index contributed by atoms with van der Waals surface area (Å²) in [6.45, 7) is 5.65. The smallest absolute Gasteiger partial charge is 0.337 e. The molecule has 0 spiro atoms. The number of aliphatic hydroxyl groups is 1. The number of amides is 1. The van der Waals surface area contributed by atoms with E-state index in [1.807, 2.05) is 6.92 Å². The Morgan fingerprint density at radius 2 is 2.07 bits per heavy atom. The minimum absolute atomic E-state index is 0.0466. The quantitative estimate of drug-likeness (QED) is 0.413. The standard InChI is InChI=1S/C18H23N3O5S/c1-5-19-15(23)11(3)27-18-20-14-8-12(17(25)26-4)6-7-13(14)16(24)21(18)9-10(2)22/h6-8,10-11,22H,5,9H2,1-4H3,(H,19,23)/t10-,11-/m1/s1. The van der Waals surface area contributed by atoms with Gasteiger partial charge in [-0.15, -0.1) is 0 Å². The molecule has 0 aliphatic rings. The number of carbonyl (C=O) groups excluding carboxylic acids is 2. The predicted octanol–water partition coefficient (Wildman–Crippen LogP) is 1.18. The molecule has 2 rings (SSSR count). The molecule has 2 N–H and O–H groups in total. The number of benzene rings is 1. The van der Waals surface area contributed by atoms with E-state index < -0.39 is 17.3 Å². The molecule has 2 atom stereocenters. The average molecular weight is 393 g/mol. The first-order valence-corrected chi connectivity index (χ1v) is 9.41. The monoisotopic (exact) mass is 393 g/mol. The van der Waals surface area contributed by atoms with Crippen molar-refractivity contribution in [1.82, 2.24) is 14.9 Å². The number of esters is 1. The van der Waals surface area contributed by atoms with E-state index in [-0.39, 0.29) is 23.6 Å². The van der Waals surface area contributed by atoms with Crippen molar-refractivity contribution in [2.24, 2.45) is 0 Å². The Morgan fingerprint density at radius 1 is 1.37 bits per heavy atom. The molecule has 0 fully saturated rings. The number of aliphatic hydroxyl groups excluding tert-OH is 1. The van der Waals surface area contributed by atoms with Crippen molar-refractivity contribution < 1.29 is 19.4 Å². The summed E-state index contributed by atoms with van der Waals surface area (Å²) >= 11 is 1.12. The second kappa shape index (κ2) is 9.01. The highest BCUT2D eigenvalue weighted by Gasteiger charge is 2.20. The fourth-order valence-electron chi connectivity index (χ4n) is 2.49. The summed E-state index contributed by atoms with van der Waals surface area (Å²) in [5.41, 5.74) is 0.260. The molecule has 1 heterocycles. The summed E-state index contributed by atoms with van der Waals surface area (Å²) in [5, 5.41) is 12.6. The first-order chi connectivity index (χ1) is 12.8. The summed E-state index contributed by atoms with van der Waals surface area (Å²) in [6, 6.07) is 4.49. The van der Waals surface area contributed by atoms with Crippen LogP contribution in [0.1, 0.15) is 31.1 Å². The summed E-state index contributed by atoms with van der Waals surface area (Å²) in [6.07, 6.45) is -0.768. The molecule has 146 valence electrons. The molecule has 0 aliphatic carbocycles. The third kappa shape index (κ3) is 4.86. The largest absolute Gasteiger partial charge is 0.465 e. The summed E-state index contributed by atoms with van der Waals surface area (Å²) in [4.78, 5) is 41.2. The maximum absolute atomic E-state index is 12.9. The lowest BCUT2D eigenvalue weighted by Gasteiger charge is -2.17. The lowest BCUT2D eigenvalue weighted by Crippen LogP contribution is -2.32. The molecule has 0 saturated heterocycles. The maximum Gasteiger partial charge on any atom is 0.337 e. The van der Waals surface area contributed by atoms with Gasteiger partial charge in [-0.1, -0.05) is 11.8 Å². The molecule has 27 heavy (non-hydrogen) atoms. The van der Waals surface area contributed by atoms with E-state index in [1.165, 1.54) is 29.9 Å². The summed E-state index contributed by atoms with van der Waals surface area (Å²) in [5.74, 6) is -0.708. The van der Waals surface area contributed by atoms with Gasteiger partial charge in [0, 0.05) is 6.54 Å². The minimum Gasteiger partial charge on any atom is -0.465 e. The van der Waals surface area contributed by atoms with Gasteiger partial charge in [-0.05, 0) is 39.0 Å². The van der Waals surface area contributed by atoms with E-state index in [1.54, 1.807) is 13.8 Å². The molecule has 0 unspecified atom stereocenters. The number of thioether (sulfide) groups is 1. The SMILES string of the molecule is CCNC(=O)[C@@H](C)Sc1nc2cc(C(=O)OC)ccc2c(=O)n1C[C@@H](C)O. The third-order valence-corrected chi connectivity index (χ3v) is 4.88. The van der Waals surface area contributed by atoms with Gasteiger partial charge in [0.05, 0.1) is 41.5 Å². The first-order valence-electron chi connectivity index (χ1n) is 8.53. The molecule has 8 nitrogen and oxygen atoms in total. The number of aromatic nitrogens is 2. The molecule has 0 aliphatic heterocycles. The van der Waals surface area contributed by atoms with Crippen molar-refractivity contribution in [2.75, 3.05) is 13.7 Å². The minimum atomic E-state index is -0.768. The molecule has 9 heteroatoms. The van der Waals surface area contributed by atoms with E-state index in [4.69, 9.17) is 4.74 Å². The van der Waals surface area contributed by atoms with Crippen LogP contribution >= 0.6 is 11.8 Å². The third-order valence-electron chi connectivity index (χ3n) is 3.79. The van der Waals surface area contributed by atoms with Crippen molar-refractivity contribution in [3.05, 3.63) is 34.1 Å². The van der Waals surface area contributed by atoms with E-state index in [0.29, 0.717) is 22.6 Å². The number of nitrogens with one attached hydrogen (secondary N) is 1. The number of carbonyl (C=O) groups is 2. The highest BCUT2D eigenvalue weighted by Crippen LogP contribution is 2.23. The van der Waals surface area contributed by atoms with Crippen LogP contribution in [0, 0.1) is 0 Å². The lowest BCUT2D eigenvalue weighted by atomic mass is 10.1. The van der Waals surface area contributed by atoms with Crippen molar-refractivity contribution in [3.8, 4) is 0 Å². The highest BCUT2D eigenvalue weighted by atomic mass is 32.2. The molecule has 0 saturated carbocycles. The second-order valence-corrected chi connectivity index (χ2v) is 7.35. The van der Waals surface area contributed by atoms with Crippen LogP contribution in [0.5, 0.6) is 0 Å². The highest BCUT2D eigenvalue weighted by molar-refractivity contribution is 8.00. The molecule has 1 aromatic heterocycles. The fourth-order valence-corrected chi connectivity index (χ4v) is 3.43. The van der Waals surface area contributed by atoms with Gasteiger partial charge in [-0.2, -0.15) is 0 Å². The predicted molar refractivity (Wildman–Crippen MR) is 103 cm³/mol. The molecular formula is C18H23N3O5S. The zero-order chi connectivity index (χ0) is 20.1. The second-order valence-electron chi connectivity index (χ2n) is 6.04. The number of rotatable bonds is 7. The Labute approximate surface area is 160 Å². The maximum atomic E-state index is 12.9. The molecule has 1 aromatic carbocycles. The Balaban J connectivity index is 2.58. The van der Waals surface area contributed by atoms with E-state index in [0.717, 1.165) is 11.8 Å². The van der Waals surface area contributed by atoms with Gasteiger partial charge in [-0.25, -0.2) is 9.78 Å². The number of hydrogen-bond acceptors (Lipinski definition) is 7. The normalized spacial score (nSPS) is 13.2. The van der Waals surface area contributed by atoms with Crippen LogP contribution in [0.15, 0.2) is 28.2 Å². The zero-order valence-electron chi connectivity index (χ0n) is 15.7. The van der Waals surface area contributed by atoms with Gasteiger partial charge in [0.15, 0.2) is 5.16 Å². The van der Waals surface area contributed by atoms with Gasteiger partial charge in [0.2, 0.25) is 5.91 Å². The van der Waals surface area contributed by atoms with Gasteiger partial charge in [0.1, 0.15) is 0 Å². The van der Waals surface area contributed by atoms with Crippen LogP contribution in [-0.4, -0.2) is 51.5 Å². The first kappa shape index (κ1) is 20.9. The summed E-state index contributed by atoms with van der Waals surface area (Å²) < 4.78 is 6.06. The van der Waals surface area contributed by atoms with Crippen molar-refractivity contribution >= 4 is 34.5 Å². The molecule has 0 bridgehead atoms. The Morgan fingerprint density at radius 3 is 2.67 bits per heavy atom. The molecule has 2 aromatic rings.